The molecule has 0 radical (unpaired) electrons. The lowest BCUT2D eigenvalue weighted by Gasteiger charge is -2.21. The average Bonchev–Trinajstić information content (AvgIpc) is 1.33. The Morgan fingerprint density at radius 1 is 1.83 bits per heavy atom. The van der Waals surface area contributed by atoms with E-state index >= 15 is 0 Å². The summed E-state index contributed by atoms with van der Waals surface area (Å²) in [5.41, 5.74) is 1.31. The van der Waals surface area contributed by atoms with Gasteiger partial charge in [-0.05, 0) is 19.9 Å². The van der Waals surface area contributed by atoms with Crippen molar-refractivity contribution in [2.24, 2.45) is 0 Å². The van der Waals surface area contributed by atoms with E-state index in [1.54, 1.807) is 0 Å². The fourth-order valence-corrected chi connectivity index (χ4v) is 0.728. The SMILES string of the molecule is CC1=CC(C)N1. The molecular formula is C5H9N. The van der Waals surface area contributed by atoms with Crippen molar-refractivity contribution >= 4 is 0 Å². The molecule has 34 valence electrons. The van der Waals surface area contributed by atoms with Crippen LogP contribution < -0.4 is 5.32 Å². The molecule has 0 saturated heterocycles. The van der Waals surface area contributed by atoms with Gasteiger partial charge in [-0.15, -0.1) is 0 Å². The fraction of sp³-hybridized carbons (Fsp3) is 0.600. The molecule has 1 aliphatic rings. The Labute approximate surface area is 38.1 Å². The lowest BCUT2D eigenvalue weighted by atomic mass is 10.2. The van der Waals surface area contributed by atoms with Crippen LogP contribution in [0, 0.1) is 0 Å². The van der Waals surface area contributed by atoms with E-state index in [2.05, 4.69) is 25.2 Å². The highest BCUT2D eigenvalue weighted by atomic mass is 15.0. The second-order valence-electron chi connectivity index (χ2n) is 1.78. The van der Waals surface area contributed by atoms with Crippen LogP contribution in [0.3, 0.4) is 0 Å². The van der Waals surface area contributed by atoms with E-state index in [0.29, 0.717) is 6.04 Å². The maximum atomic E-state index is 3.17. The summed E-state index contributed by atoms with van der Waals surface area (Å²) in [6.07, 6.45) is 2.19. The summed E-state index contributed by atoms with van der Waals surface area (Å²) >= 11 is 0. The van der Waals surface area contributed by atoms with E-state index in [0.717, 1.165) is 0 Å². The molecule has 1 heteroatoms. The molecule has 0 aromatic rings. The normalized spacial score (nSPS) is 30.3. The summed E-state index contributed by atoms with van der Waals surface area (Å²) in [6, 6.07) is 0.630. The molecule has 0 aliphatic carbocycles. The minimum absolute atomic E-state index is 0.630. The Hall–Kier alpha value is -0.460. The zero-order valence-electron chi connectivity index (χ0n) is 4.15. The van der Waals surface area contributed by atoms with Gasteiger partial charge in [0.15, 0.2) is 0 Å². The van der Waals surface area contributed by atoms with Crippen LogP contribution in [0.15, 0.2) is 11.8 Å². The van der Waals surface area contributed by atoms with Crippen molar-refractivity contribution < 1.29 is 0 Å². The first-order valence-electron chi connectivity index (χ1n) is 2.24. The van der Waals surface area contributed by atoms with Crippen molar-refractivity contribution in [1.29, 1.82) is 0 Å². The molecule has 6 heavy (non-hydrogen) atoms. The van der Waals surface area contributed by atoms with Crippen molar-refractivity contribution in [2.75, 3.05) is 0 Å². The molecule has 1 N–H and O–H groups in total. The molecule has 0 amide bonds. The van der Waals surface area contributed by atoms with Gasteiger partial charge >= 0.3 is 0 Å². The minimum atomic E-state index is 0.630. The Morgan fingerprint density at radius 2 is 2.33 bits per heavy atom. The Balaban J connectivity index is 2.46. The van der Waals surface area contributed by atoms with Crippen LogP contribution in [0.1, 0.15) is 13.8 Å². The largest absolute Gasteiger partial charge is 0.383 e. The topological polar surface area (TPSA) is 12.0 Å². The minimum Gasteiger partial charge on any atom is -0.383 e. The Morgan fingerprint density at radius 3 is 2.33 bits per heavy atom. The van der Waals surface area contributed by atoms with Gasteiger partial charge in [0, 0.05) is 11.7 Å². The highest BCUT2D eigenvalue weighted by Crippen LogP contribution is 2.02. The molecular weight excluding hydrogens is 74.1 g/mol. The van der Waals surface area contributed by atoms with Crippen LogP contribution in [0.25, 0.3) is 0 Å². The summed E-state index contributed by atoms with van der Waals surface area (Å²) in [7, 11) is 0. The molecule has 0 aromatic carbocycles. The lowest BCUT2D eigenvalue weighted by Crippen LogP contribution is -2.31. The summed E-state index contributed by atoms with van der Waals surface area (Å²) in [5, 5.41) is 3.17. The van der Waals surface area contributed by atoms with Crippen molar-refractivity contribution in [3.8, 4) is 0 Å². The summed E-state index contributed by atoms with van der Waals surface area (Å²) in [4.78, 5) is 0. The molecule has 1 rings (SSSR count). The first kappa shape index (κ1) is 3.72. The molecule has 1 unspecified atom stereocenters. The molecule has 0 bridgehead atoms. The number of rotatable bonds is 0. The predicted molar refractivity (Wildman–Crippen MR) is 26.4 cm³/mol. The van der Waals surface area contributed by atoms with E-state index < -0.39 is 0 Å². The standard InChI is InChI=1S/C5H9N/c1-4-3-5(2)6-4/h3-4,6H,1-2H3. The molecule has 0 saturated carbocycles. The van der Waals surface area contributed by atoms with Gasteiger partial charge in [-0.2, -0.15) is 0 Å². The number of nitrogens with one attached hydrogen (secondary N) is 1. The maximum Gasteiger partial charge on any atom is 0.0432 e. The highest BCUT2D eigenvalue weighted by Gasteiger charge is 2.04. The Bertz CT molecular complexity index is 83.9. The molecule has 1 atom stereocenters. The number of allylic oxidation sites excluding steroid dienone is 1. The van der Waals surface area contributed by atoms with E-state index in [1.807, 2.05) is 0 Å². The second kappa shape index (κ2) is 1.00. The maximum absolute atomic E-state index is 3.17. The number of hydrogen-bond acceptors (Lipinski definition) is 1. The van der Waals surface area contributed by atoms with E-state index in [9.17, 15) is 0 Å². The summed E-state index contributed by atoms with van der Waals surface area (Å²) in [6.45, 7) is 4.20. The Kier molecular flexibility index (Phi) is 0.621. The highest BCUT2D eigenvalue weighted by molar-refractivity contribution is 5.12. The van der Waals surface area contributed by atoms with Crippen LogP contribution in [-0.2, 0) is 0 Å². The first-order chi connectivity index (χ1) is 2.79. The molecule has 1 aliphatic heterocycles. The molecule has 0 aromatic heterocycles. The van der Waals surface area contributed by atoms with Gasteiger partial charge in [0.05, 0.1) is 0 Å². The third-order valence-corrected chi connectivity index (χ3v) is 0.955. The number of hydrogen-bond donors (Lipinski definition) is 1. The molecule has 1 nitrogen and oxygen atoms in total. The zero-order valence-corrected chi connectivity index (χ0v) is 4.15. The molecule has 0 fully saturated rings. The van der Waals surface area contributed by atoms with Crippen LogP contribution >= 0.6 is 0 Å². The average molecular weight is 83.1 g/mol. The van der Waals surface area contributed by atoms with Gasteiger partial charge in [-0.3, -0.25) is 0 Å². The van der Waals surface area contributed by atoms with Crippen LogP contribution in [-0.4, -0.2) is 6.04 Å². The predicted octanol–water partition coefficient (Wildman–Crippen LogP) is 0.882. The summed E-state index contributed by atoms with van der Waals surface area (Å²) in [5.74, 6) is 0. The van der Waals surface area contributed by atoms with Gasteiger partial charge < -0.3 is 5.32 Å². The third-order valence-electron chi connectivity index (χ3n) is 0.955. The smallest absolute Gasteiger partial charge is 0.0432 e. The van der Waals surface area contributed by atoms with Crippen molar-refractivity contribution in [2.45, 2.75) is 19.9 Å². The van der Waals surface area contributed by atoms with Crippen LogP contribution in [0.4, 0.5) is 0 Å². The fourth-order valence-electron chi connectivity index (χ4n) is 0.728. The summed E-state index contributed by atoms with van der Waals surface area (Å²) < 4.78 is 0. The van der Waals surface area contributed by atoms with Gasteiger partial charge in [0.1, 0.15) is 0 Å². The van der Waals surface area contributed by atoms with E-state index in [-0.39, 0.29) is 0 Å². The monoisotopic (exact) mass is 83.1 g/mol. The lowest BCUT2D eigenvalue weighted by molar-refractivity contribution is 0.648. The van der Waals surface area contributed by atoms with Gasteiger partial charge in [0.25, 0.3) is 0 Å². The van der Waals surface area contributed by atoms with Crippen molar-refractivity contribution in [3.05, 3.63) is 11.8 Å². The first-order valence-corrected chi connectivity index (χ1v) is 2.24. The van der Waals surface area contributed by atoms with Gasteiger partial charge in [-0.1, -0.05) is 0 Å². The van der Waals surface area contributed by atoms with Crippen LogP contribution in [0.2, 0.25) is 0 Å². The van der Waals surface area contributed by atoms with E-state index in [1.165, 1.54) is 5.70 Å². The van der Waals surface area contributed by atoms with Gasteiger partial charge in [-0.25, -0.2) is 0 Å². The van der Waals surface area contributed by atoms with Gasteiger partial charge in [0.2, 0.25) is 0 Å². The van der Waals surface area contributed by atoms with Crippen molar-refractivity contribution in [3.63, 3.8) is 0 Å². The molecule has 1 heterocycles. The van der Waals surface area contributed by atoms with E-state index in [4.69, 9.17) is 0 Å². The quantitative estimate of drug-likeness (QED) is 0.458. The van der Waals surface area contributed by atoms with Crippen LogP contribution in [0.5, 0.6) is 0 Å². The second-order valence-corrected chi connectivity index (χ2v) is 1.78. The van der Waals surface area contributed by atoms with Crippen molar-refractivity contribution in [1.82, 2.24) is 5.32 Å². The zero-order chi connectivity index (χ0) is 4.57. The molecule has 0 spiro atoms. The third kappa shape index (κ3) is 0.402.